The number of nitrogens with zero attached hydrogens (tertiary/aromatic N) is 1. The molecule has 0 saturated carbocycles. The lowest BCUT2D eigenvalue weighted by Crippen LogP contribution is -2.27. The molecular weight excluding hydrogens is 378 g/mol. The van der Waals surface area contributed by atoms with Crippen molar-refractivity contribution in [3.8, 4) is 0 Å². The largest absolute Gasteiger partial charge is 0.275 e. The van der Waals surface area contributed by atoms with Crippen LogP contribution in [0, 0.1) is 6.92 Å². The van der Waals surface area contributed by atoms with E-state index in [1.54, 1.807) is 7.05 Å². The van der Waals surface area contributed by atoms with Crippen LogP contribution in [0.1, 0.15) is 29.0 Å². The average Bonchev–Trinajstić information content (AvgIpc) is 2.53. The summed E-state index contributed by atoms with van der Waals surface area (Å²) >= 11 is 9.51. The molecule has 0 aliphatic rings. The second-order valence-electron chi connectivity index (χ2n) is 5.38. The zero-order valence-corrected chi connectivity index (χ0v) is 15.7. The van der Waals surface area contributed by atoms with Gasteiger partial charge in [-0.05, 0) is 47.9 Å². The molecule has 2 rings (SSSR count). The van der Waals surface area contributed by atoms with E-state index in [1.165, 1.54) is 12.2 Å². The van der Waals surface area contributed by atoms with E-state index in [-0.39, 0.29) is 11.8 Å². The summed E-state index contributed by atoms with van der Waals surface area (Å²) in [4.78, 5) is 17.4. The van der Waals surface area contributed by atoms with Gasteiger partial charge in [0.15, 0.2) is 0 Å². The van der Waals surface area contributed by atoms with Gasteiger partial charge in [0.2, 0.25) is 5.91 Å². The number of hydrogen-bond acceptors (Lipinski definition) is 2. The summed E-state index contributed by atoms with van der Waals surface area (Å²) in [6.07, 6.45) is 0.328. The number of carbonyl (C=O) groups excluding carboxylic acids is 1. The highest BCUT2D eigenvalue weighted by molar-refractivity contribution is 9.10. The quantitative estimate of drug-likeness (QED) is 0.669. The summed E-state index contributed by atoms with van der Waals surface area (Å²) in [5, 5.41) is 1.96. The lowest BCUT2D eigenvalue weighted by atomic mass is 9.86. The number of carbonyl (C=O) groups is 1. The van der Waals surface area contributed by atoms with Gasteiger partial charge in [0.1, 0.15) is 0 Å². The van der Waals surface area contributed by atoms with Gasteiger partial charge in [-0.1, -0.05) is 45.7 Å². The third kappa shape index (κ3) is 4.56. The molecule has 2 aromatic rings. The summed E-state index contributed by atoms with van der Waals surface area (Å²) in [5.41, 5.74) is 3.24. The van der Waals surface area contributed by atoms with Crippen molar-refractivity contribution < 1.29 is 9.63 Å². The topological polar surface area (TPSA) is 29.5 Å². The van der Waals surface area contributed by atoms with Crippen molar-refractivity contribution in [3.63, 3.8) is 0 Å². The first-order valence-corrected chi connectivity index (χ1v) is 8.41. The molecule has 1 unspecified atom stereocenters. The van der Waals surface area contributed by atoms with Crippen LogP contribution < -0.4 is 0 Å². The maximum atomic E-state index is 12.3. The Kier molecular flexibility index (Phi) is 6.22. The SMILES string of the molecule is CON(C)C(=O)CC(c1ccc(Br)cc1)c1ccc(Cl)cc1C. The number of halogens is 2. The first-order chi connectivity index (χ1) is 10.9. The lowest BCUT2D eigenvalue weighted by molar-refractivity contribution is -0.168. The van der Waals surface area contributed by atoms with Crippen LogP contribution in [0.5, 0.6) is 0 Å². The molecule has 0 N–H and O–H groups in total. The molecule has 0 spiro atoms. The van der Waals surface area contributed by atoms with E-state index in [9.17, 15) is 4.79 Å². The Balaban J connectivity index is 2.42. The number of benzene rings is 2. The minimum Gasteiger partial charge on any atom is -0.275 e. The van der Waals surface area contributed by atoms with Gasteiger partial charge in [-0.15, -0.1) is 0 Å². The number of rotatable bonds is 5. The molecule has 0 aliphatic carbocycles. The Morgan fingerprint density at radius 3 is 2.48 bits per heavy atom. The van der Waals surface area contributed by atoms with Crippen LogP contribution in [0.25, 0.3) is 0 Å². The Labute approximate surface area is 150 Å². The summed E-state index contributed by atoms with van der Waals surface area (Å²) in [5.74, 6) is -0.125. The number of hydrogen-bond donors (Lipinski definition) is 0. The van der Waals surface area contributed by atoms with Crippen LogP contribution in [-0.4, -0.2) is 25.1 Å². The van der Waals surface area contributed by atoms with Gasteiger partial charge < -0.3 is 0 Å². The average molecular weight is 397 g/mol. The van der Waals surface area contributed by atoms with E-state index in [1.807, 2.05) is 49.4 Å². The summed E-state index contributed by atoms with van der Waals surface area (Å²) in [6.45, 7) is 2.01. The molecule has 0 fully saturated rings. The highest BCUT2D eigenvalue weighted by Crippen LogP contribution is 2.32. The predicted octanol–water partition coefficient (Wildman–Crippen LogP) is 4.95. The zero-order chi connectivity index (χ0) is 17.0. The number of aryl methyl sites for hydroxylation is 1. The molecule has 0 bridgehead atoms. The molecule has 0 aliphatic heterocycles. The van der Waals surface area contributed by atoms with E-state index >= 15 is 0 Å². The van der Waals surface area contributed by atoms with Gasteiger partial charge in [0.25, 0.3) is 0 Å². The van der Waals surface area contributed by atoms with Crippen LogP contribution in [0.15, 0.2) is 46.9 Å². The number of hydroxylamine groups is 2. The van der Waals surface area contributed by atoms with Gasteiger partial charge in [-0.2, -0.15) is 0 Å². The predicted molar refractivity (Wildman–Crippen MR) is 96.6 cm³/mol. The third-order valence-corrected chi connectivity index (χ3v) is 4.65. The highest BCUT2D eigenvalue weighted by atomic mass is 79.9. The van der Waals surface area contributed by atoms with Crippen molar-refractivity contribution in [1.82, 2.24) is 5.06 Å². The van der Waals surface area contributed by atoms with E-state index in [0.29, 0.717) is 11.4 Å². The Bertz CT molecular complexity index is 688. The molecular formula is C18H19BrClNO2. The highest BCUT2D eigenvalue weighted by Gasteiger charge is 2.22. The summed E-state index contributed by atoms with van der Waals surface area (Å²) < 4.78 is 1.01. The van der Waals surface area contributed by atoms with Crippen LogP contribution in [0.3, 0.4) is 0 Å². The molecule has 0 radical (unpaired) electrons. The van der Waals surface area contributed by atoms with Crippen molar-refractivity contribution in [3.05, 3.63) is 68.7 Å². The molecule has 0 saturated heterocycles. The van der Waals surface area contributed by atoms with Crippen molar-refractivity contribution in [1.29, 1.82) is 0 Å². The maximum Gasteiger partial charge on any atom is 0.246 e. The Hall–Kier alpha value is -1.36. The van der Waals surface area contributed by atoms with Gasteiger partial charge in [-0.25, -0.2) is 5.06 Å². The minimum atomic E-state index is -0.0743. The molecule has 122 valence electrons. The van der Waals surface area contributed by atoms with Crippen molar-refractivity contribution in [2.24, 2.45) is 0 Å². The van der Waals surface area contributed by atoms with Crippen LogP contribution >= 0.6 is 27.5 Å². The second kappa shape index (κ2) is 7.95. The molecule has 3 nitrogen and oxygen atoms in total. The Morgan fingerprint density at radius 1 is 1.26 bits per heavy atom. The molecule has 23 heavy (non-hydrogen) atoms. The van der Waals surface area contributed by atoms with Crippen molar-refractivity contribution in [2.75, 3.05) is 14.2 Å². The standard InChI is InChI=1S/C18H19BrClNO2/c1-12-10-15(20)8-9-16(12)17(11-18(22)21(2)23-3)13-4-6-14(19)7-5-13/h4-10,17H,11H2,1-3H3. The normalized spacial score (nSPS) is 12.0. The number of amides is 1. The van der Waals surface area contributed by atoms with Crippen molar-refractivity contribution >= 4 is 33.4 Å². The fourth-order valence-corrected chi connectivity index (χ4v) is 3.03. The molecule has 5 heteroatoms. The van der Waals surface area contributed by atoms with Gasteiger partial charge in [0, 0.05) is 28.9 Å². The minimum absolute atomic E-state index is 0.0505. The Morgan fingerprint density at radius 2 is 1.91 bits per heavy atom. The first kappa shape index (κ1) is 18.0. The van der Waals surface area contributed by atoms with E-state index in [4.69, 9.17) is 16.4 Å². The first-order valence-electron chi connectivity index (χ1n) is 7.24. The third-order valence-electron chi connectivity index (χ3n) is 3.88. The summed E-state index contributed by atoms with van der Waals surface area (Å²) in [7, 11) is 3.11. The van der Waals surface area contributed by atoms with E-state index in [2.05, 4.69) is 15.9 Å². The van der Waals surface area contributed by atoms with Crippen molar-refractivity contribution in [2.45, 2.75) is 19.3 Å². The van der Waals surface area contributed by atoms with Crippen LogP contribution in [0.4, 0.5) is 0 Å². The molecule has 1 amide bonds. The van der Waals surface area contributed by atoms with E-state index < -0.39 is 0 Å². The fraction of sp³-hybridized carbons (Fsp3) is 0.278. The second-order valence-corrected chi connectivity index (χ2v) is 6.74. The maximum absolute atomic E-state index is 12.3. The smallest absolute Gasteiger partial charge is 0.246 e. The van der Waals surface area contributed by atoms with Crippen LogP contribution in [0.2, 0.25) is 5.02 Å². The van der Waals surface area contributed by atoms with Gasteiger partial charge in [0.05, 0.1) is 7.11 Å². The van der Waals surface area contributed by atoms with Gasteiger partial charge >= 0.3 is 0 Å². The molecule has 0 aromatic heterocycles. The van der Waals surface area contributed by atoms with Crippen LogP contribution in [-0.2, 0) is 9.63 Å². The monoisotopic (exact) mass is 395 g/mol. The van der Waals surface area contributed by atoms with E-state index in [0.717, 1.165) is 21.2 Å². The molecule has 1 atom stereocenters. The lowest BCUT2D eigenvalue weighted by Gasteiger charge is -2.22. The molecule has 2 aromatic carbocycles. The van der Waals surface area contributed by atoms with Gasteiger partial charge in [-0.3, -0.25) is 9.63 Å². The fourth-order valence-electron chi connectivity index (χ4n) is 2.54. The summed E-state index contributed by atoms with van der Waals surface area (Å²) in [6, 6.07) is 13.8. The molecule has 0 heterocycles. The zero-order valence-electron chi connectivity index (χ0n) is 13.3.